The van der Waals surface area contributed by atoms with Crippen LogP contribution in [0.15, 0.2) is 61.1 Å². The summed E-state index contributed by atoms with van der Waals surface area (Å²) in [6, 6.07) is 9.70. The number of hydrogen-bond donors (Lipinski definition) is 1. The minimum atomic E-state index is -0.762. The van der Waals surface area contributed by atoms with Gasteiger partial charge in [0.05, 0.1) is 33.2 Å². The first-order valence-corrected chi connectivity index (χ1v) is 9.74. The highest BCUT2D eigenvalue weighted by molar-refractivity contribution is 6.06. The molecule has 0 saturated carbocycles. The highest BCUT2D eigenvalue weighted by atomic mass is 19.1. The van der Waals surface area contributed by atoms with Gasteiger partial charge in [0.25, 0.3) is 5.91 Å². The number of nitrogens with zero attached hydrogens (tertiary/aromatic N) is 3. The van der Waals surface area contributed by atoms with E-state index in [4.69, 9.17) is 14.2 Å². The van der Waals surface area contributed by atoms with Crippen LogP contribution in [0, 0.1) is 11.6 Å². The van der Waals surface area contributed by atoms with Crippen LogP contribution in [0.3, 0.4) is 0 Å². The molecule has 0 aliphatic carbocycles. The zero-order valence-electron chi connectivity index (χ0n) is 18.0. The lowest BCUT2D eigenvalue weighted by atomic mass is 10.2. The van der Waals surface area contributed by atoms with Gasteiger partial charge in [0, 0.05) is 36.3 Å². The van der Waals surface area contributed by atoms with Crippen LogP contribution in [0.2, 0.25) is 0 Å². The van der Waals surface area contributed by atoms with E-state index in [1.807, 2.05) is 0 Å². The van der Waals surface area contributed by atoms with Crippen molar-refractivity contribution in [2.75, 3.05) is 26.6 Å². The van der Waals surface area contributed by atoms with Gasteiger partial charge in [-0.15, -0.1) is 0 Å². The summed E-state index contributed by atoms with van der Waals surface area (Å²) in [6.45, 7) is 0. The zero-order chi connectivity index (χ0) is 23.5. The molecule has 33 heavy (non-hydrogen) atoms. The Labute approximate surface area is 187 Å². The van der Waals surface area contributed by atoms with E-state index in [1.165, 1.54) is 32.2 Å². The number of carbonyl (C=O) groups is 1. The standard InChI is InChI=1S/C23H20F2N4O4/c1-31-19-11-16(12-20(32-2)21(19)33-3)27-22(30)18-13-26-29(23(18)28-6-4-5-7-28)17-9-14(24)8-15(25)10-17/h4-13H,1-3H3,(H,27,30). The average molecular weight is 454 g/mol. The monoisotopic (exact) mass is 454 g/mol. The number of hydrogen-bond acceptors (Lipinski definition) is 5. The van der Waals surface area contributed by atoms with Crippen molar-refractivity contribution in [3.05, 3.63) is 78.3 Å². The van der Waals surface area contributed by atoms with Crippen LogP contribution in [0.25, 0.3) is 11.5 Å². The van der Waals surface area contributed by atoms with Gasteiger partial charge >= 0.3 is 0 Å². The zero-order valence-corrected chi connectivity index (χ0v) is 18.0. The topological polar surface area (TPSA) is 79.5 Å². The molecule has 0 aliphatic rings. The maximum atomic E-state index is 13.8. The Balaban J connectivity index is 1.77. The lowest BCUT2D eigenvalue weighted by molar-refractivity contribution is 0.102. The minimum absolute atomic E-state index is 0.128. The molecule has 170 valence electrons. The molecule has 0 bridgehead atoms. The molecule has 10 heteroatoms. The van der Waals surface area contributed by atoms with Gasteiger partial charge in [0.15, 0.2) is 17.3 Å². The quantitative estimate of drug-likeness (QED) is 0.452. The summed E-state index contributed by atoms with van der Waals surface area (Å²) in [4.78, 5) is 13.2. The van der Waals surface area contributed by atoms with Crippen LogP contribution in [-0.4, -0.2) is 41.6 Å². The summed E-state index contributed by atoms with van der Waals surface area (Å²) in [5, 5.41) is 6.99. The van der Waals surface area contributed by atoms with E-state index in [1.54, 1.807) is 41.2 Å². The highest BCUT2D eigenvalue weighted by Gasteiger charge is 2.22. The van der Waals surface area contributed by atoms with Gasteiger partial charge in [-0.3, -0.25) is 4.79 Å². The molecular weight excluding hydrogens is 434 g/mol. The number of amides is 1. The summed E-state index contributed by atoms with van der Waals surface area (Å²) >= 11 is 0. The SMILES string of the molecule is COc1cc(NC(=O)c2cnn(-c3cc(F)cc(F)c3)c2-n2cccc2)cc(OC)c1OC. The Kier molecular flexibility index (Phi) is 5.99. The Morgan fingerprint density at radius 2 is 1.52 bits per heavy atom. The molecule has 2 aromatic carbocycles. The first-order chi connectivity index (χ1) is 15.9. The van der Waals surface area contributed by atoms with E-state index in [0.29, 0.717) is 28.8 Å². The summed E-state index contributed by atoms with van der Waals surface area (Å²) in [7, 11) is 4.41. The van der Waals surface area contributed by atoms with Gasteiger partial charge in [-0.05, 0) is 24.3 Å². The molecule has 0 fully saturated rings. The Morgan fingerprint density at radius 1 is 0.909 bits per heavy atom. The van der Waals surface area contributed by atoms with Crippen LogP contribution in [0.5, 0.6) is 17.2 Å². The van der Waals surface area contributed by atoms with Crippen molar-refractivity contribution in [2.24, 2.45) is 0 Å². The molecule has 2 heterocycles. The maximum absolute atomic E-state index is 13.8. The van der Waals surface area contributed by atoms with Crippen molar-refractivity contribution in [3.63, 3.8) is 0 Å². The second kappa shape index (κ2) is 9.03. The number of methoxy groups -OCH3 is 3. The predicted molar refractivity (Wildman–Crippen MR) is 117 cm³/mol. The van der Waals surface area contributed by atoms with E-state index in [-0.39, 0.29) is 11.3 Å². The maximum Gasteiger partial charge on any atom is 0.261 e. The third kappa shape index (κ3) is 4.22. The number of aromatic nitrogens is 3. The summed E-state index contributed by atoms with van der Waals surface area (Å²) in [5.41, 5.74) is 0.685. The second-order valence-corrected chi connectivity index (χ2v) is 6.88. The number of nitrogens with one attached hydrogen (secondary N) is 1. The Hall–Kier alpha value is -4.34. The largest absolute Gasteiger partial charge is 0.493 e. The smallest absolute Gasteiger partial charge is 0.261 e. The van der Waals surface area contributed by atoms with Gasteiger partial charge in [-0.2, -0.15) is 5.10 Å². The third-order valence-corrected chi connectivity index (χ3v) is 4.85. The second-order valence-electron chi connectivity index (χ2n) is 6.88. The summed E-state index contributed by atoms with van der Waals surface area (Å²) in [6.07, 6.45) is 4.71. The molecule has 0 saturated heterocycles. The van der Waals surface area contributed by atoms with Crippen molar-refractivity contribution in [1.82, 2.24) is 14.3 Å². The van der Waals surface area contributed by atoms with Gasteiger partial charge < -0.3 is 24.1 Å². The number of ether oxygens (including phenoxy) is 3. The van der Waals surface area contributed by atoms with Crippen LogP contribution in [-0.2, 0) is 0 Å². The van der Waals surface area contributed by atoms with E-state index >= 15 is 0 Å². The first-order valence-electron chi connectivity index (χ1n) is 9.74. The molecule has 1 N–H and O–H groups in total. The molecule has 1 amide bonds. The van der Waals surface area contributed by atoms with E-state index in [9.17, 15) is 13.6 Å². The van der Waals surface area contributed by atoms with Crippen LogP contribution in [0.1, 0.15) is 10.4 Å². The van der Waals surface area contributed by atoms with Crippen molar-refractivity contribution in [1.29, 1.82) is 0 Å². The molecule has 0 radical (unpaired) electrons. The molecule has 2 aromatic heterocycles. The Morgan fingerprint density at radius 3 is 2.06 bits per heavy atom. The molecule has 8 nitrogen and oxygen atoms in total. The van der Waals surface area contributed by atoms with Crippen molar-refractivity contribution in [3.8, 4) is 28.8 Å². The van der Waals surface area contributed by atoms with Crippen LogP contribution in [0.4, 0.5) is 14.5 Å². The Bertz CT molecular complexity index is 1260. The van der Waals surface area contributed by atoms with Crippen LogP contribution >= 0.6 is 0 Å². The van der Waals surface area contributed by atoms with Gasteiger partial charge in [-0.1, -0.05) is 0 Å². The number of rotatable bonds is 7. The molecule has 0 aliphatic heterocycles. The normalized spacial score (nSPS) is 10.7. The van der Waals surface area contributed by atoms with Crippen molar-refractivity contribution in [2.45, 2.75) is 0 Å². The lowest BCUT2D eigenvalue weighted by Crippen LogP contribution is -2.15. The average Bonchev–Trinajstić information content (AvgIpc) is 3.47. The fraction of sp³-hybridized carbons (Fsp3) is 0.130. The predicted octanol–water partition coefficient (Wildman–Crippen LogP) is 4.22. The molecule has 0 spiro atoms. The fourth-order valence-corrected chi connectivity index (χ4v) is 3.43. The van der Waals surface area contributed by atoms with Gasteiger partial charge in [0.2, 0.25) is 5.75 Å². The van der Waals surface area contributed by atoms with Gasteiger partial charge in [0.1, 0.15) is 17.2 Å². The highest BCUT2D eigenvalue weighted by Crippen LogP contribution is 2.40. The van der Waals surface area contributed by atoms with E-state index < -0.39 is 17.5 Å². The number of carbonyl (C=O) groups excluding carboxylic acids is 1. The first kappa shape index (κ1) is 21.9. The van der Waals surface area contributed by atoms with E-state index in [2.05, 4.69) is 10.4 Å². The lowest BCUT2D eigenvalue weighted by Gasteiger charge is -2.15. The summed E-state index contributed by atoms with van der Waals surface area (Å²) < 4.78 is 46.6. The third-order valence-electron chi connectivity index (χ3n) is 4.85. The molecule has 4 rings (SSSR count). The number of halogens is 2. The molecular formula is C23H20F2N4O4. The number of benzene rings is 2. The van der Waals surface area contributed by atoms with Gasteiger partial charge in [-0.25, -0.2) is 13.5 Å². The summed E-state index contributed by atoms with van der Waals surface area (Å²) in [5.74, 6) is -0.616. The minimum Gasteiger partial charge on any atom is -0.493 e. The molecule has 0 unspecified atom stereocenters. The van der Waals surface area contributed by atoms with Crippen LogP contribution < -0.4 is 19.5 Å². The van der Waals surface area contributed by atoms with Crippen molar-refractivity contribution < 1.29 is 27.8 Å². The molecule has 4 aromatic rings. The fourth-order valence-electron chi connectivity index (χ4n) is 3.43. The van der Waals surface area contributed by atoms with Crippen molar-refractivity contribution >= 4 is 11.6 Å². The number of anilines is 1. The van der Waals surface area contributed by atoms with E-state index in [0.717, 1.165) is 18.2 Å². The molecule has 0 atom stereocenters.